The number of nitro groups is 1. The normalized spacial score (nSPS) is 15.7. The van der Waals surface area contributed by atoms with E-state index < -0.39 is 36.6 Å². The molecule has 1 rings (SSSR count). The Morgan fingerprint density at radius 3 is 2.10 bits per heavy atom. The molecule has 0 aliphatic heterocycles. The monoisotopic (exact) mass is 309 g/mol. The highest BCUT2D eigenvalue weighted by Crippen LogP contribution is 2.37. The molecule has 1 aromatic carbocycles. The summed E-state index contributed by atoms with van der Waals surface area (Å²) in [5.41, 5.74) is -1.98. The summed E-state index contributed by atoms with van der Waals surface area (Å²) in [6.45, 7) is 4.68. The van der Waals surface area contributed by atoms with E-state index in [-0.39, 0.29) is 4.90 Å². The molecule has 1 aromatic rings. The second-order valence-electron chi connectivity index (χ2n) is 5.23. The predicted octanol–water partition coefficient (Wildman–Crippen LogP) is 3.49. The Balaban J connectivity index is 3.64. The summed E-state index contributed by atoms with van der Waals surface area (Å²) >= 11 is 0. The predicted molar refractivity (Wildman–Crippen MR) is 71.4 cm³/mol. The van der Waals surface area contributed by atoms with Gasteiger partial charge in [0.1, 0.15) is 4.90 Å². The van der Waals surface area contributed by atoms with Gasteiger partial charge in [0.05, 0.1) is 10.5 Å². The number of benzene rings is 1. The minimum atomic E-state index is -4.70. The Morgan fingerprint density at radius 2 is 1.75 bits per heavy atom. The summed E-state index contributed by atoms with van der Waals surface area (Å²) in [6, 6.07) is 1.95. The number of hydrogen-bond donors (Lipinski definition) is 0. The summed E-state index contributed by atoms with van der Waals surface area (Å²) in [5, 5.41) is 11.0. The smallest absolute Gasteiger partial charge is 0.262 e. The molecule has 0 fully saturated rings. The molecule has 0 aromatic heterocycles. The van der Waals surface area contributed by atoms with Crippen molar-refractivity contribution < 1.29 is 22.3 Å². The lowest BCUT2D eigenvalue weighted by Crippen LogP contribution is -2.28. The summed E-state index contributed by atoms with van der Waals surface area (Å²) < 4.78 is 49.4. The third-order valence-corrected chi connectivity index (χ3v) is 5.86. The van der Waals surface area contributed by atoms with Gasteiger partial charge in [-0.1, -0.05) is 0 Å². The van der Waals surface area contributed by atoms with E-state index in [1.54, 1.807) is 20.8 Å². The molecule has 1 unspecified atom stereocenters. The average Bonchev–Trinajstić information content (AvgIpc) is 2.25. The van der Waals surface area contributed by atoms with Crippen LogP contribution in [-0.2, 0) is 15.7 Å². The topological polar surface area (TPSA) is 60.2 Å². The lowest BCUT2D eigenvalue weighted by Gasteiger charge is -2.24. The highest BCUT2D eigenvalue weighted by Gasteiger charge is 2.36. The summed E-state index contributed by atoms with van der Waals surface area (Å²) in [5.74, 6) is 3.49. The molecule has 0 saturated heterocycles. The second kappa shape index (κ2) is 4.76. The van der Waals surface area contributed by atoms with Gasteiger partial charge in [-0.3, -0.25) is 14.3 Å². The van der Waals surface area contributed by atoms with Crippen molar-refractivity contribution in [2.75, 3.05) is 0 Å². The number of nitrogens with zero attached hydrogens (tertiary/aromatic N) is 1. The van der Waals surface area contributed by atoms with Gasteiger partial charge < -0.3 is 0 Å². The van der Waals surface area contributed by atoms with E-state index in [1.807, 2.05) is 0 Å². The lowest BCUT2D eigenvalue weighted by molar-refractivity contribution is -0.388. The van der Waals surface area contributed by atoms with Crippen molar-refractivity contribution in [2.45, 2.75) is 36.6 Å². The van der Waals surface area contributed by atoms with Crippen LogP contribution < -0.4 is 0 Å². The molecule has 8 heteroatoms. The van der Waals surface area contributed by atoms with Crippen molar-refractivity contribution in [2.24, 2.45) is 0 Å². The Bertz CT molecular complexity index is 643. The maximum absolute atomic E-state index is 12.6. The summed E-state index contributed by atoms with van der Waals surface area (Å²) in [4.78, 5) is 9.71. The van der Waals surface area contributed by atoms with Crippen LogP contribution in [0, 0.1) is 10.1 Å². The minimum Gasteiger partial charge on any atom is -0.262 e. The van der Waals surface area contributed by atoms with E-state index >= 15 is 0 Å². The van der Waals surface area contributed by atoms with Crippen LogP contribution >= 0.6 is 0 Å². The standard InChI is InChI=1S/C12H14F3NO3S/c1-11(2,3)20(4,19)10-6-5-8(12(13,14)15)7-9(10)16(17)18/h5-7H,4H2,1-3H3. The molecule has 0 heterocycles. The van der Waals surface area contributed by atoms with Gasteiger partial charge in [-0.2, -0.15) is 13.2 Å². The first-order valence-electron chi connectivity index (χ1n) is 5.51. The Hall–Kier alpha value is -1.57. The fourth-order valence-electron chi connectivity index (χ4n) is 1.45. The quantitative estimate of drug-likeness (QED) is 0.477. The van der Waals surface area contributed by atoms with Gasteiger partial charge in [0, 0.05) is 20.3 Å². The molecule has 4 nitrogen and oxygen atoms in total. The van der Waals surface area contributed by atoms with Gasteiger partial charge in [-0.25, -0.2) is 0 Å². The van der Waals surface area contributed by atoms with E-state index in [0.29, 0.717) is 12.1 Å². The number of alkyl halides is 3. The van der Waals surface area contributed by atoms with Gasteiger partial charge >= 0.3 is 6.18 Å². The molecular formula is C12H14F3NO3S. The molecule has 0 radical (unpaired) electrons. The molecule has 112 valence electrons. The SMILES string of the molecule is C=S(=O)(c1ccc(C(F)(F)F)cc1[N+](=O)[O-])C(C)(C)C. The van der Waals surface area contributed by atoms with Crippen LogP contribution in [0.1, 0.15) is 26.3 Å². The van der Waals surface area contributed by atoms with Gasteiger partial charge in [-0.05, 0) is 38.8 Å². The van der Waals surface area contributed by atoms with Crippen LogP contribution in [0.2, 0.25) is 0 Å². The molecular weight excluding hydrogens is 295 g/mol. The van der Waals surface area contributed by atoms with Crippen LogP contribution in [0.4, 0.5) is 18.9 Å². The zero-order valence-electron chi connectivity index (χ0n) is 11.2. The fraction of sp³-hybridized carbons (Fsp3) is 0.417. The highest BCUT2D eigenvalue weighted by molar-refractivity contribution is 8.01. The van der Waals surface area contributed by atoms with Gasteiger partial charge in [0.25, 0.3) is 5.69 Å². The number of nitro benzene ring substituents is 1. The Labute approximate surface area is 114 Å². The van der Waals surface area contributed by atoms with E-state index in [4.69, 9.17) is 0 Å². The first-order valence-corrected chi connectivity index (χ1v) is 7.23. The Morgan fingerprint density at radius 1 is 1.25 bits per heavy atom. The highest BCUT2D eigenvalue weighted by atomic mass is 32.2. The zero-order valence-corrected chi connectivity index (χ0v) is 12.0. The number of rotatable bonds is 2. The third-order valence-electron chi connectivity index (χ3n) is 2.83. The molecule has 20 heavy (non-hydrogen) atoms. The molecule has 0 saturated carbocycles. The van der Waals surface area contributed by atoms with Crippen molar-refractivity contribution in [3.8, 4) is 0 Å². The molecule has 0 N–H and O–H groups in total. The summed E-state index contributed by atoms with van der Waals surface area (Å²) in [7, 11) is -3.12. The molecule has 0 spiro atoms. The number of hydrogen-bond acceptors (Lipinski definition) is 3. The van der Waals surface area contributed by atoms with Crippen molar-refractivity contribution >= 4 is 21.1 Å². The van der Waals surface area contributed by atoms with Gasteiger partial charge in [0.15, 0.2) is 0 Å². The molecule has 0 aliphatic rings. The third kappa shape index (κ3) is 2.95. The minimum absolute atomic E-state index is 0.275. The van der Waals surface area contributed by atoms with Crippen LogP contribution in [0.25, 0.3) is 0 Å². The van der Waals surface area contributed by atoms with Crippen LogP contribution in [-0.4, -0.2) is 19.7 Å². The Kier molecular flexibility index (Phi) is 3.93. The zero-order chi connectivity index (χ0) is 15.9. The van der Waals surface area contributed by atoms with Crippen LogP contribution in [0.15, 0.2) is 23.1 Å². The first-order chi connectivity index (χ1) is 8.78. The fourth-order valence-corrected chi connectivity index (χ4v) is 2.86. The van der Waals surface area contributed by atoms with E-state index in [2.05, 4.69) is 5.87 Å². The van der Waals surface area contributed by atoms with Crippen molar-refractivity contribution in [3.05, 3.63) is 33.9 Å². The lowest BCUT2D eigenvalue weighted by atomic mass is 10.2. The number of halogens is 3. The average molecular weight is 309 g/mol. The molecule has 0 amide bonds. The molecule has 1 atom stereocenters. The second-order valence-corrected chi connectivity index (χ2v) is 8.24. The maximum Gasteiger partial charge on any atom is 0.416 e. The van der Waals surface area contributed by atoms with Crippen LogP contribution in [0.5, 0.6) is 0 Å². The molecule has 0 bridgehead atoms. The van der Waals surface area contributed by atoms with Crippen LogP contribution in [0.3, 0.4) is 0 Å². The van der Waals surface area contributed by atoms with Crippen molar-refractivity contribution in [1.29, 1.82) is 0 Å². The van der Waals surface area contributed by atoms with Gasteiger partial charge in [-0.15, -0.1) is 0 Å². The van der Waals surface area contributed by atoms with E-state index in [9.17, 15) is 27.5 Å². The van der Waals surface area contributed by atoms with E-state index in [0.717, 1.165) is 6.07 Å². The van der Waals surface area contributed by atoms with Crippen molar-refractivity contribution in [1.82, 2.24) is 0 Å². The van der Waals surface area contributed by atoms with Gasteiger partial charge in [0.2, 0.25) is 0 Å². The first kappa shape index (κ1) is 16.5. The summed E-state index contributed by atoms with van der Waals surface area (Å²) in [6.07, 6.45) is -4.70. The van der Waals surface area contributed by atoms with Crippen molar-refractivity contribution in [3.63, 3.8) is 0 Å². The van der Waals surface area contributed by atoms with E-state index in [1.165, 1.54) is 0 Å². The largest absolute Gasteiger partial charge is 0.416 e. The molecule has 0 aliphatic carbocycles. The maximum atomic E-state index is 12.6.